The predicted octanol–water partition coefficient (Wildman–Crippen LogP) is 5.47. The first-order valence-electron chi connectivity index (χ1n) is 10.9. The smallest absolute Gasteiger partial charge is 0.504 e. The molecule has 3 rings (SSSR count). The maximum absolute atomic E-state index is 13.2. The summed E-state index contributed by atoms with van der Waals surface area (Å²) in [4.78, 5) is -0.239. The van der Waals surface area contributed by atoms with Gasteiger partial charge in [-0.15, -0.1) is 13.2 Å². The van der Waals surface area contributed by atoms with Crippen LogP contribution in [0.1, 0.15) is 16.7 Å². The minimum absolute atomic E-state index is 0.0577. The molecule has 0 aliphatic heterocycles. The zero-order valence-corrected chi connectivity index (χ0v) is 21.6. The number of alkyl halides is 3. The lowest BCUT2D eigenvalue weighted by atomic mass is 10.0. The van der Waals surface area contributed by atoms with Crippen LogP contribution < -0.4 is 23.7 Å². The number of hydrogen-bond donors (Lipinski definition) is 1. The second-order valence-electron chi connectivity index (χ2n) is 7.76. The van der Waals surface area contributed by atoms with Crippen LogP contribution in [0.25, 0.3) is 12.2 Å². The Morgan fingerprint density at radius 3 is 1.89 bits per heavy atom. The maximum atomic E-state index is 13.2. The van der Waals surface area contributed by atoms with E-state index in [0.29, 0.717) is 28.4 Å². The fourth-order valence-electron chi connectivity index (χ4n) is 3.67. The van der Waals surface area contributed by atoms with E-state index in [9.17, 15) is 26.7 Å². The number of phenols is 1. The predicted molar refractivity (Wildman–Crippen MR) is 134 cm³/mol. The quantitative estimate of drug-likeness (QED) is 0.330. The van der Waals surface area contributed by atoms with Crippen LogP contribution in [-0.2, 0) is 15.6 Å². The van der Waals surface area contributed by atoms with Gasteiger partial charge in [0, 0.05) is 5.56 Å². The van der Waals surface area contributed by atoms with Gasteiger partial charge in [0.1, 0.15) is 5.75 Å². The average molecular weight is 555 g/mol. The van der Waals surface area contributed by atoms with Gasteiger partial charge < -0.3 is 28.8 Å². The molecule has 0 fully saturated rings. The molecule has 0 atom stereocenters. The van der Waals surface area contributed by atoms with Crippen LogP contribution >= 0.6 is 0 Å². The van der Waals surface area contributed by atoms with E-state index in [1.165, 1.54) is 40.6 Å². The lowest BCUT2D eigenvalue weighted by molar-refractivity contribution is -0.274. The van der Waals surface area contributed by atoms with Gasteiger partial charge in [0.15, 0.2) is 32.8 Å². The van der Waals surface area contributed by atoms with Crippen LogP contribution in [0.15, 0.2) is 53.4 Å². The van der Waals surface area contributed by atoms with Crippen LogP contribution in [0.4, 0.5) is 13.2 Å². The number of rotatable bonds is 10. The van der Waals surface area contributed by atoms with Crippen LogP contribution in [0.2, 0.25) is 0 Å². The summed E-state index contributed by atoms with van der Waals surface area (Å²) >= 11 is 0. The van der Waals surface area contributed by atoms with Gasteiger partial charge in [-0.05, 0) is 53.6 Å². The van der Waals surface area contributed by atoms with Crippen LogP contribution in [-0.4, -0.2) is 48.3 Å². The summed E-state index contributed by atoms with van der Waals surface area (Å²) in [7, 11) is 1.62. The Balaban J connectivity index is 2.01. The number of halogens is 3. The van der Waals surface area contributed by atoms with Crippen LogP contribution in [0.5, 0.6) is 34.5 Å². The average Bonchev–Trinajstić information content (AvgIpc) is 2.86. The molecule has 0 aromatic heterocycles. The summed E-state index contributed by atoms with van der Waals surface area (Å²) in [5.74, 6) is -0.281. The minimum atomic E-state index is -4.91. The summed E-state index contributed by atoms with van der Waals surface area (Å²) in [6, 6.07) is 10.1. The Bertz CT molecular complexity index is 1390. The Morgan fingerprint density at radius 1 is 0.816 bits per heavy atom. The zero-order valence-electron chi connectivity index (χ0n) is 20.8. The normalized spacial score (nSPS) is 11.9. The van der Waals surface area contributed by atoms with Crippen molar-refractivity contribution in [1.82, 2.24) is 0 Å². The van der Waals surface area contributed by atoms with Gasteiger partial charge in [-0.25, -0.2) is 8.42 Å². The number of phenolic OH excluding ortho intramolecular Hbond substituents is 1. The van der Waals surface area contributed by atoms with Gasteiger partial charge in [-0.2, -0.15) is 0 Å². The molecule has 38 heavy (non-hydrogen) atoms. The molecule has 204 valence electrons. The molecule has 0 radical (unpaired) electrons. The third kappa shape index (κ3) is 6.62. The monoisotopic (exact) mass is 554 g/mol. The van der Waals surface area contributed by atoms with E-state index >= 15 is 0 Å². The highest BCUT2D eigenvalue weighted by Crippen LogP contribution is 2.40. The molecule has 3 aromatic rings. The standard InChI is InChI=1S/C26H25F3O8S/c1-33-22-13-16(14-23(34-2)25(22)36-4)5-6-17-7-12-21(30)24(35-3)20(17)15-38(31,32)19-10-8-18(9-11-19)37-26(27,28)29/h5-14,30H,15H2,1-4H3/b6-5-. The lowest BCUT2D eigenvalue weighted by Gasteiger charge is -2.15. The van der Waals surface area contributed by atoms with E-state index in [2.05, 4.69) is 4.74 Å². The molecular formula is C26H25F3O8S. The second-order valence-corrected chi connectivity index (χ2v) is 9.75. The van der Waals surface area contributed by atoms with Crippen LogP contribution in [0, 0.1) is 0 Å². The van der Waals surface area contributed by atoms with Gasteiger partial charge in [0.25, 0.3) is 0 Å². The van der Waals surface area contributed by atoms with E-state index in [0.717, 1.165) is 24.3 Å². The molecule has 3 aromatic carbocycles. The van der Waals surface area contributed by atoms with Gasteiger partial charge in [-0.3, -0.25) is 0 Å². The SMILES string of the molecule is COc1cc(/C=C\c2ccc(O)c(OC)c2CS(=O)(=O)c2ccc(OC(F)(F)F)cc2)cc(OC)c1OC. The molecule has 1 N–H and O–H groups in total. The van der Waals surface area contributed by atoms with Gasteiger partial charge in [0.05, 0.1) is 39.1 Å². The van der Waals surface area contributed by atoms with E-state index in [1.807, 2.05) is 0 Å². The number of benzene rings is 3. The number of hydrogen-bond acceptors (Lipinski definition) is 8. The number of sulfone groups is 1. The second kappa shape index (κ2) is 11.5. The van der Waals surface area contributed by atoms with Crippen molar-refractivity contribution in [3.05, 3.63) is 65.2 Å². The summed E-state index contributed by atoms with van der Waals surface area (Å²) in [6.45, 7) is 0. The third-order valence-corrected chi connectivity index (χ3v) is 7.03. The molecule has 0 unspecified atom stereocenters. The van der Waals surface area contributed by atoms with E-state index in [4.69, 9.17) is 18.9 Å². The highest BCUT2D eigenvalue weighted by atomic mass is 32.2. The van der Waals surface area contributed by atoms with Crippen molar-refractivity contribution in [3.8, 4) is 34.5 Å². The van der Waals surface area contributed by atoms with Crippen LogP contribution in [0.3, 0.4) is 0 Å². The van der Waals surface area contributed by atoms with E-state index in [-0.39, 0.29) is 22.0 Å². The van der Waals surface area contributed by atoms with Crippen molar-refractivity contribution in [2.24, 2.45) is 0 Å². The van der Waals surface area contributed by atoms with E-state index in [1.54, 1.807) is 24.3 Å². The molecule has 0 spiro atoms. The Morgan fingerprint density at radius 2 is 1.39 bits per heavy atom. The Labute approximate surface area is 217 Å². The van der Waals surface area contributed by atoms with Gasteiger partial charge >= 0.3 is 6.36 Å². The molecule has 0 aliphatic carbocycles. The molecule has 0 heterocycles. The first-order valence-corrected chi connectivity index (χ1v) is 12.5. The molecule has 12 heteroatoms. The zero-order chi connectivity index (χ0) is 28.1. The summed E-state index contributed by atoms with van der Waals surface area (Å²) < 4.78 is 88.8. The molecule has 0 aliphatic rings. The Kier molecular flexibility index (Phi) is 8.67. The molecular weight excluding hydrogens is 529 g/mol. The summed E-state index contributed by atoms with van der Waals surface area (Å²) in [6.07, 6.45) is -1.61. The minimum Gasteiger partial charge on any atom is -0.504 e. The summed E-state index contributed by atoms with van der Waals surface area (Å²) in [5.41, 5.74) is 1.20. The Hall–Kier alpha value is -4.06. The third-order valence-electron chi connectivity index (χ3n) is 5.37. The highest BCUT2D eigenvalue weighted by Gasteiger charge is 2.31. The molecule has 8 nitrogen and oxygen atoms in total. The summed E-state index contributed by atoms with van der Waals surface area (Å²) in [5, 5.41) is 10.3. The number of methoxy groups -OCH3 is 4. The lowest BCUT2D eigenvalue weighted by Crippen LogP contribution is -2.17. The number of aromatic hydroxyl groups is 1. The first kappa shape index (κ1) is 28.5. The largest absolute Gasteiger partial charge is 0.573 e. The molecule has 0 amide bonds. The van der Waals surface area contributed by atoms with Gasteiger partial charge in [-0.1, -0.05) is 18.2 Å². The van der Waals surface area contributed by atoms with Gasteiger partial charge in [0.2, 0.25) is 5.75 Å². The topological polar surface area (TPSA) is 101 Å². The van der Waals surface area contributed by atoms with Crippen molar-refractivity contribution in [3.63, 3.8) is 0 Å². The fraction of sp³-hybridized carbons (Fsp3) is 0.231. The maximum Gasteiger partial charge on any atom is 0.573 e. The molecule has 0 saturated carbocycles. The number of ether oxygens (including phenoxy) is 5. The van der Waals surface area contributed by atoms with Crippen molar-refractivity contribution in [1.29, 1.82) is 0 Å². The van der Waals surface area contributed by atoms with Crippen molar-refractivity contribution in [2.45, 2.75) is 17.0 Å². The molecule has 0 bridgehead atoms. The molecule has 0 saturated heterocycles. The highest BCUT2D eigenvalue weighted by molar-refractivity contribution is 7.90. The first-order chi connectivity index (χ1) is 17.9. The fourth-order valence-corrected chi connectivity index (χ4v) is 5.06. The van der Waals surface area contributed by atoms with Crippen molar-refractivity contribution in [2.75, 3.05) is 28.4 Å². The van der Waals surface area contributed by atoms with Crippen molar-refractivity contribution < 1.29 is 50.4 Å². The van der Waals surface area contributed by atoms with E-state index < -0.39 is 27.7 Å². The van der Waals surface area contributed by atoms with Crippen molar-refractivity contribution >= 4 is 22.0 Å².